The number of rotatable bonds is 6. The molecular weight excluding hydrogens is 396 g/mol. The number of carboxylic acids is 1. The number of hydrogen-bond acceptors (Lipinski definition) is 10. The number of anilines is 1. The van der Waals surface area contributed by atoms with Gasteiger partial charge in [0.2, 0.25) is 0 Å². The summed E-state index contributed by atoms with van der Waals surface area (Å²) >= 11 is 2.46. The molecule has 0 saturated carbocycles. The lowest BCUT2D eigenvalue weighted by molar-refractivity contribution is -0.150. The summed E-state index contributed by atoms with van der Waals surface area (Å²) in [6.07, 6.45) is 0. The molecule has 11 nitrogen and oxygen atoms in total. The number of β-lactam (4-membered cyclic amide) rings is 1. The highest BCUT2D eigenvalue weighted by Crippen LogP contribution is 2.40. The number of aliphatic carboxylic acids is 1. The molecule has 0 aliphatic carbocycles. The van der Waals surface area contributed by atoms with Gasteiger partial charge in [-0.15, -0.1) is 23.1 Å². The van der Waals surface area contributed by atoms with Gasteiger partial charge in [-0.2, -0.15) is 0 Å². The van der Waals surface area contributed by atoms with E-state index >= 15 is 0 Å². The summed E-state index contributed by atoms with van der Waals surface area (Å²) in [4.78, 5) is 46.4. The number of nitrogens with zero attached hydrogens (tertiary/aromatic N) is 3. The molecule has 1 unspecified atom stereocenters. The number of hydrogen-bond donors (Lipinski definition) is 4. The summed E-state index contributed by atoms with van der Waals surface area (Å²) in [5.74, 6) is -2.07. The zero-order chi connectivity index (χ0) is 19.7. The minimum atomic E-state index is -1.22. The van der Waals surface area contributed by atoms with Crippen LogP contribution in [0.4, 0.5) is 5.13 Å². The Balaban J connectivity index is 1.79. The van der Waals surface area contributed by atoms with Crippen LogP contribution in [0.1, 0.15) is 5.69 Å². The largest absolute Gasteiger partial charge is 0.477 e. The van der Waals surface area contributed by atoms with Gasteiger partial charge in [-0.05, 0) is 5.57 Å². The molecule has 1 fully saturated rings. The van der Waals surface area contributed by atoms with Gasteiger partial charge in [-0.25, -0.2) is 9.78 Å². The van der Waals surface area contributed by atoms with E-state index in [4.69, 9.17) is 11.5 Å². The van der Waals surface area contributed by atoms with E-state index in [0.29, 0.717) is 11.3 Å². The number of oxime groups is 1. The molecule has 6 N–H and O–H groups in total. The van der Waals surface area contributed by atoms with Gasteiger partial charge in [-0.1, -0.05) is 5.16 Å². The molecule has 2 aliphatic rings. The van der Waals surface area contributed by atoms with Crippen LogP contribution in [0.25, 0.3) is 0 Å². The molecule has 27 heavy (non-hydrogen) atoms. The van der Waals surface area contributed by atoms with E-state index in [1.165, 1.54) is 24.3 Å². The third-order valence-electron chi connectivity index (χ3n) is 3.95. The third kappa shape index (κ3) is 3.36. The summed E-state index contributed by atoms with van der Waals surface area (Å²) in [6, 6.07) is -0.894. The van der Waals surface area contributed by atoms with Crippen molar-refractivity contribution >= 4 is 51.7 Å². The number of thiazole rings is 1. The zero-order valence-corrected chi connectivity index (χ0v) is 15.7. The van der Waals surface area contributed by atoms with Gasteiger partial charge in [0.05, 0.1) is 0 Å². The highest BCUT2D eigenvalue weighted by Gasteiger charge is 2.54. The van der Waals surface area contributed by atoms with Crippen molar-refractivity contribution in [3.05, 3.63) is 22.3 Å². The summed E-state index contributed by atoms with van der Waals surface area (Å²) in [6.45, 7) is 0.0397. The summed E-state index contributed by atoms with van der Waals surface area (Å²) < 4.78 is 0. The van der Waals surface area contributed by atoms with Gasteiger partial charge in [0.15, 0.2) is 10.8 Å². The average molecular weight is 412 g/mol. The van der Waals surface area contributed by atoms with Crippen molar-refractivity contribution in [2.45, 2.75) is 11.4 Å². The molecule has 0 bridgehead atoms. The second-order valence-electron chi connectivity index (χ2n) is 5.52. The summed E-state index contributed by atoms with van der Waals surface area (Å²) in [5.41, 5.74) is 11.6. The predicted molar refractivity (Wildman–Crippen MR) is 98.8 cm³/mol. The van der Waals surface area contributed by atoms with E-state index in [-0.39, 0.29) is 28.8 Å². The van der Waals surface area contributed by atoms with E-state index in [0.717, 1.165) is 16.2 Å². The molecule has 0 aromatic carbocycles. The first-order chi connectivity index (χ1) is 12.9. The number of nitrogen functional groups attached to an aromatic ring is 1. The number of carbonyl (C=O) groups is 3. The SMILES string of the molecule is CO/N=C(\C(=O)NC1C(=O)N2C(C(=O)O)=C(CN)CS[C@H]12)c1csc(N)n1. The lowest BCUT2D eigenvalue weighted by Gasteiger charge is -2.49. The monoisotopic (exact) mass is 412 g/mol. The van der Waals surface area contributed by atoms with Crippen molar-refractivity contribution in [2.75, 3.05) is 25.1 Å². The average Bonchev–Trinajstić information content (AvgIpc) is 3.08. The first kappa shape index (κ1) is 19.1. The second kappa shape index (κ2) is 7.54. The van der Waals surface area contributed by atoms with Crippen LogP contribution in [0.15, 0.2) is 21.8 Å². The van der Waals surface area contributed by atoms with Crippen LogP contribution in [0.3, 0.4) is 0 Å². The molecule has 3 rings (SSSR count). The van der Waals surface area contributed by atoms with Gasteiger partial charge >= 0.3 is 5.97 Å². The van der Waals surface area contributed by atoms with Crippen LogP contribution in [0.5, 0.6) is 0 Å². The minimum absolute atomic E-state index is 0.0397. The molecule has 0 radical (unpaired) electrons. The van der Waals surface area contributed by atoms with Crippen molar-refractivity contribution in [2.24, 2.45) is 10.9 Å². The quantitative estimate of drug-likeness (QED) is 0.253. The highest BCUT2D eigenvalue weighted by molar-refractivity contribution is 8.00. The first-order valence-corrected chi connectivity index (χ1v) is 9.55. The van der Waals surface area contributed by atoms with E-state index < -0.39 is 29.2 Å². The van der Waals surface area contributed by atoms with Crippen molar-refractivity contribution in [3.63, 3.8) is 0 Å². The van der Waals surface area contributed by atoms with E-state index in [2.05, 4.69) is 20.3 Å². The molecule has 2 atom stereocenters. The molecular formula is C14H16N6O5S2. The van der Waals surface area contributed by atoms with E-state index in [1.807, 2.05) is 0 Å². The fraction of sp³-hybridized carbons (Fsp3) is 0.357. The van der Waals surface area contributed by atoms with Crippen molar-refractivity contribution in [3.8, 4) is 0 Å². The zero-order valence-electron chi connectivity index (χ0n) is 14.0. The molecule has 2 amide bonds. The van der Waals surface area contributed by atoms with Crippen LogP contribution in [0, 0.1) is 0 Å². The smallest absolute Gasteiger partial charge is 0.352 e. The maximum absolute atomic E-state index is 12.6. The number of thioether (sulfide) groups is 1. The van der Waals surface area contributed by atoms with Gasteiger partial charge in [-0.3, -0.25) is 14.5 Å². The maximum atomic E-state index is 12.6. The summed E-state index contributed by atoms with van der Waals surface area (Å²) in [5, 5.41) is 16.9. The molecule has 0 spiro atoms. The maximum Gasteiger partial charge on any atom is 0.352 e. The Labute approximate surface area is 161 Å². The van der Waals surface area contributed by atoms with Crippen LogP contribution >= 0.6 is 23.1 Å². The van der Waals surface area contributed by atoms with Crippen LogP contribution in [0.2, 0.25) is 0 Å². The van der Waals surface area contributed by atoms with Gasteiger partial charge < -0.3 is 26.7 Å². The number of nitrogens with one attached hydrogen (secondary N) is 1. The number of carbonyl (C=O) groups excluding carboxylic acids is 2. The topological polar surface area (TPSA) is 173 Å². The molecule has 1 saturated heterocycles. The van der Waals surface area contributed by atoms with Crippen molar-refractivity contribution in [1.82, 2.24) is 15.2 Å². The Morgan fingerprint density at radius 3 is 2.85 bits per heavy atom. The Morgan fingerprint density at radius 2 is 2.30 bits per heavy atom. The number of aromatic nitrogens is 1. The molecule has 144 valence electrons. The fourth-order valence-electron chi connectivity index (χ4n) is 2.74. The van der Waals surface area contributed by atoms with Gasteiger partial charge in [0.25, 0.3) is 11.8 Å². The van der Waals surface area contributed by atoms with E-state index in [1.54, 1.807) is 0 Å². The van der Waals surface area contributed by atoms with Crippen LogP contribution in [-0.4, -0.2) is 69.3 Å². The molecule has 1 aromatic heterocycles. The second-order valence-corrected chi connectivity index (χ2v) is 7.51. The van der Waals surface area contributed by atoms with Crippen LogP contribution < -0.4 is 16.8 Å². The standard InChI is InChI=1S/C14H16N6O5S2/c1-25-19-7(6-4-27-14(16)17-6)10(21)18-8-11(22)20-9(13(23)24)5(2-15)3-26-12(8)20/h4,8,12H,2-3,15H2,1H3,(H2,16,17)(H,18,21)(H,23,24)/b19-7-/t8?,12-/m1/s1. The number of nitrogens with two attached hydrogens (primary N) is 2. The highest BCUT2D eigenvalue weighted by atomic mass is 32.2. The lowest BCUT2D eigenvalue weighted by Crippen LogP contribution is -2.71. The fourth-order valence-corrected chi connectivity index (χ4v) is 4.65. The Bertz CT molecular complexity index is 866. The van der Waals surface area contributed by atoms with Crippen LogP contribution in [-0.2, 0) is 19.2 Å². The number of carboxylic acid groups (broad SMARTS) is 1. The third-order valence-corrected chi connectivity index (χ3v) is 5.96. The Morgan fingerprint density at radius 1 is 1.56 bits per heavy atom. The number of amides is 2. The molecule has 2 aliphatic heterocycles. The first-order valence-electron chi connectivity index (χ1n) is 7.62. The number of fused-ring (bicyclic) bond motifs is 1. The van der Waals surface area contributed by atoms with Crippen molar-refractivity contribution < 1.29 is 24.3 Å². The minimum Gasteiger partial charge on any atom is -0.477 e. The van der Waals surface area contributed by atoms with E-state index in [9.17, 15) is 19.5 Å². The summed E-state index contributed by atoms with van der Waals surface area (Å²) in [7, 11) is 1.27. The predicted octanol–water partition coefficient (Wildman–Crippen LogP) is -1.23. The molecule has 13 heteroatoms. The van der Waals surface area contributed by atoms with Gasteiger partial charge in [0, 0.05) is 17.7 Å². The lowest BCUT2D eigenvalue weighted by atomic mass is 10.0. The normalized spacial score (nSPS) is 22.2. The van der Waals surface area contributed by atoms with Crippen molar-refractivity contribution in [1.29, 1.82) is 0 Å². The molecule has 1 aromatic rings. The Kier molecular flexibility index (Phi) is 5.34. The molecule has 3 heterocycles. The van der Waals surface area contributed by atoms with Gasteiger partial charge in [0.1, 0.15) is 29.9 Å². The Hall–Kier alpha value is -2.64.